The molecule has 0 atom stereocenters. The van der Waals surface area contributed by atoms with Gasteiger partial charge in [-0.15, -0.1) is 11.8 Å². The standard InChI is InChI=1S/C23H24FNO2S/c24-20-12-10-19(11-13-20)8-5-17-28-22-21(23(26)27)9-4-15-25(22)16-14-18-6-2-1-3-7-18/h1-4,6-7,9-13H,5,8,14-17H2,(H,26,27). The van der Waals surface area contributed by atoms with Crippen LogP contribution in [0.2, 0.25) is 0 Å². The van der Waals surface area contributed by atoms with E-state index in [0.717, 1.165) is 48.7 Å². The van der Waals surface area contributed by atoms with E-state index in [1.807, 2.05) is 24.3 Å². The first-order valence-corrected chi connectivity index (χ1v) is 10.4. The largest absolute Gasteiger partial charge is 0.478 e. The van der Waals surface area contributed by atoms with Crippen LogP contribution in [0.3, 0.4) is 0 Å². The third-order valence-corrected chi connectivity index (χ3v) is 5.88. The van der Waals surface area contributed by atoms with Crippen molar-refractivity contribution in [2.24, 2.45) is 0 Å². The summed E-state index contributed by atoms with van der Waals surface area (Å²) in [5.74, 6) is -0.293. The fraction of sp³-hybridized carbons (Fsp3) is 0.261. The quantitative estimate of drug-likeness (QED) is 0.611. The first-order chi connectivity index (χ1) is 13.6. The molecular formula is C23H24FNO2S. The molecule has 0 radical (unpaired) electrons. The molecule has 0 saturated heterocycles. The van der Waals surface area contributed by atoms with Crippen molar-refractivity contribution in [2.45, 2.75) is 19.3 Å². The average molecular weight is 398 g/mol. The predicted molar refractivity (Wildman–Crippen MR) is 113 cm³/mol. The SMILES string of the molecule is O=C(O)C1=C(SCCCc2ccc(F)cc2)N(CCc2ccccc2)CC=C1. The predicted octanol–water partition coefficient (Wildman–Crippen LogP) is 4.90. The van der Waals surface area contributed by atoms with Crippen LogP contribution in [0.4, 0.5) is 4.39 Å². The van der Waals surface area contributed by atoms with Crippen molar-refractivity contribution in [3.05, 3.63) is 94.3 Å². The lowest BCUT2D eigenvalue weighted by atomic mass is 10.1. The Morgan fingerprint density at radius 2 is 1.75 bits per heavy atom. The molecule has 1 N–H and O–H groups in total. The molecule has 0 aliphatic carbocycles. The molecule has 28 heavy (non-hydrogen) atoms. The fourth-order valence-electron chi connectivity index (χ4n) is 3.15. The molecule has 2 aromatic carbocycles. The van der Waals surface area contributed by atoms with Gasteiger partial charge in [-0.25, -0.2) is 9.18 Å². The summed E-state index contributed by atoms with van der Waals surface area (Å²) in [6.07, 6.45) is 6.26. The lowest BCUT2D eigenvalue weighted by Crippen LogP contribution is -2.29. The van der Waals surface area contributed by atoms with Crippen molar-refractivity contribution in [3.63, 3.8) is 0 Å². The summed E-state index contributed by atoms with van der Waals surface area (Å²) >= 11 is 1.60. The molecule has 0 fully saturated rings. The molecule has 0 aromatic heterocycles. The molecule has 0 unspecified atom stereocenters. The molecule has 1 heterocycles. The Labute approximate surface area is 169 Å². The van der Waals surface area contributed by atoms with E-state index in [1.54, 1.807) is 30.0 Å². The number of nitrogens with zero attached hydrogens (tertiary/aromatic N) is 1. The second kappa shape index (κ2) is 10.1. The molecule has 146 valence electrons. The Balaban J connectivity index is 1.59. The Kier molecular flexibility index (Phi) is 7.31. The van der Waals surface area contributed by atoms with Crippen LogP contribution in [0.15, 0.2) is 77.4 Å². The molecule has 1 aliphatic rings. The summed E-state index contributed by atoms with van der Waals surface area (Å²) in [5.41, 5.74) is 2.71. The van der Waals surface area contributed by atoms with Crippen molar-refractivity contribution in [3.8, 4) is 0 Å². The van der Waals surface area contributed by atoms with Crippen LogP contribution >= 0.6 is 11.8 Å². The molecular weight excluding hydrogens is 373 g/mol. The van der Waals surface area contributed by atoms with Crippen LogP contribution in [0.5, 0.6) is 0 Å². The highest BCUT2D eigenvalue weighted by Crippen LogP contribution is 2.29. The Morgan fingerprint density at radius 1 is 1.04 bits per heavy atom. The molecule has 0 bridgehead atoms. The van der Waals surface area contributed by atoms with E-state index in [1.165, 1.54) is 17.7 Å². The van der Waals surface area contributed by atoms with Crippen LogP contribution in [0.1, 0.15) is 17.5 Å². The topological polar surface area (TPSA) is 40.5 Å². The van der Waals surface area contributed by atoms with Gasteiger partial charge in [0.2, 0.25) is 0 Å². The molecule has 3 rings (SSSR count). The van der Waals surface area contributed by atoms with Gasteiger partial charge in [0, 0.05) is 13.1 Å². The number of aryl methyl sites for hydroxylation is 1. The van der Waals surface area contributed by atoms with Crippen LogP contribution in [-0.2, 0) is 17.6 Å². The molecule has 1 aliphatic heterocycles. The smallest absolute Gasteiger partial charge is 0.338 e. The number of halogens is 1. The minimum Gasteiger partial charge on any atom is -0.478 e. The zero-order chi connectivity index (χ0) is 19.8. The fourth-order valence-corrected chi connectivity index (χ4v) is 4.29. The Bertz CT molecular complexity index is 847. The van der Waals surface area contributed by atoms with E-state index < -0.39 is 5.97 Å². The summed E-state index contributed by atoms with van der Waals surface area (Å²) in [7, 11) is 0. The number of thioether (sulfide) groups is 1. The van der Waals surface area contributed by atoms with Gasteiger partial charge in [0.15, 0.2) is 0 Å². The normalized spacial score (nSPS) is 13.8. The van der Waals surface area contributed by atoms with E-state index in [-0.39, 0.29) is 5.82 Å². The number of carbonyl (C=O) groups is 1. The number of carboxylic acid groups (broad SMARTS) is 1. The van der Waals surface area contributed by atoms with Gasteiger partial charge in [0.05, 0.1) is 10.6 Å². The van der Waals surface area contributed by atoms with E-state index in [4.69, 9.17) is 0 Å². The summed E-state index contributed by atoms with van der Waals surface area (Å²) < 4.78 is 13.0. The van der Waals surface area contributed by atoms with E-state index in [9.17, 15) is 14.3 Å². The van der Waals surface area contributed by atoms with Crippen molar-refractivity contribution >= 4 is 17.7 Å². The van der Waals surface area contributed by atoms with Gasteiger partial charge >= 0.3 is 5.97 Å². The van der Waals surface area contributed by atoms with Crippen LogP contribution in [0.25, 0.3) is 0 Å². The van der Waals surface area contributed by atoms with Gasteiger partial charge in [-0.05, 0) is 54.4 Å². The highest BCUT2D eigenvalue weighted by Gasteiger charge is 2.21. The number of rotatable bonds is 9. The van der Waals surface area contributed by atoms with Crippen LogP contribution in [0, 0.1) is 5.82 Å². The first-order valence-electron chi connectivity index (χ1n) is 9.43. The molecule has 5 heteroatoms. The average Bonchev–Trinajstić information content (AvgIpc) is 2.72. The monoisotopic (exact) mass is 397 g/mol. The van der Waals surface area contributed by atoms with E-state index in [2.05, 4.69) is 17.0 Å². The Hall–Kier alpha value is -2.53. The van der Waals surface area contributed by atoms with Crippen molar-refractivity contribution in [1.29, 1.82) is 0 Å². The third-order valence-electron chi connectivity index (χ3n) is 4.63. The zero-order valence-electron chi connectivity index (χ0n) is 15.7. The summed E-state index contributed by atoms with van der Waals surface area (Å²) in [4.78, 5) is 13.8. The number of aliphatic carboxylic acids is 1. The molecule has 0 spiro atoms. The van der Waals surface area contributed by atoms with Gasteiger partial charge in [-0.1, -0.05) is 48.5 Å². The Morgan fingerprint density at radius 3 is 2.46 bits per heavy atom. The minimum absolute atomic E-state index is 0.225. The highest BCUT2D eigenvalue weighted by atomic mass is 32.2. The van der Waals surface area contributed by atoms with Gasteiger partial charge in [-0.2, -0.15) is 0 Å². The van der Waals surface area contributed by atoms with Crippen molar-refractivity contribution < 1.29 is 14.3 Å². The number of hydrogen-bond donors (Lipinski definition) is 1. The molecule has 0 amide bonds. The lowest BCUT2D eigenvalue weighted by molar-refractivity contribution is -0.132. The highest BCUT2D eigenvalue weighted by molar-refractivity contribution is 8.03. The summed E-state index contributed by atoms with van der Waals surface area (Å²) in [6, 6.07) is 16.8. The zero-order valence-corrected chi connectivity index (χ0v) is 16.5. The van der Waals surface area contributed by atoms with Gasteiger partial charge in [0.1, 0.15) is 5.82 Å². The maximum absolute atomic E-state index is 13.0. The van der Waals surface area contributed by atoms with Crippen molar-refractivity contribution in [2.75, 3.05) is 18.8 Å². The molecule has 2 aromatic rings. The first kappa shape index (κ1) is 20.2. The van der Waals surface area contributed by atoms with Gasteiger partial charge < -0.3 is 10.0 Å². The number of carboxylic acids is 1. The van der Waals surface area contributed by atoms with Crippen LogP contribution < -0.4 is 0 Å². The number of benzene rings is 2. The maximum atomic E-state index is 13.0. The second-order valence-corrected chi connectivity index (χ2v) is 7.77. The second-order valence-electron chi connectivity index (χ2n) is 6.69. The van der Waals surface area contributed by atoms with Crippen LogP contribution in [-0.4, -0.2) is 34.8 Å². The van der Waals surface area contributed by atoms with E-state index >= 15 is 0 Å². The maximum Gasteiger partial charge on any atom is 0.338 e. The third kappa shape index (κ3) is 5.73. The lowest BCUT2D eigenvalue weighted by Gasteiger charge is -2.29. The van der Waals surface area contributed by atoms with Crippen molar-refractivity contribution in [1.82, 2.24) is 4.90 Å². The minimum atomic E-state index is -0.887. The molecule has 0 saturated carbocycles. The molecule has 3 nitrogen and oxygen atoms in total. The summed E-state index contributed by atoms with van der Waals surface area (Å²) in [5, 5.41) is 10.4. The summed E-state index contributed by atoms with van der Waals surface area (Å²) in [6.45, 7) is 1.51. The van der Waals surface area contributed by atoms with Gasteiger partial charge in [0.25, 0.3) is 0 Å². The van der Waals surface area contributed by atoms with Gasteiger partial charge in [-0.3, -0.25) is 0 Å². The number of hydrogen-bond acceptors (Lipinski definition) is 3. The van der Waals surface area contributed by atoms with E-state index in [0.29, 0.717) is 5.57 Å².